The van der Waals surface area contributed by atoms with Crippen molar-refractivity contribution < 1.29 is 18.0 Å². The summed E-state index contributed by atoms with van der Waals surface area (Å²) in [5.41, 5.74) is 0. The predicted molar refractivity (Wildman–Crippen MR) is 54.8 cm³/mol. The molecule has 0 aromatic rings. The van der Waals surface area contributed by atoms with Gasteiger partial charge in [-0.05, 0) is 31.6 Å². The molecule has 0 aromatic carbocycles. The maximum absolute atomic E-state index is 12.1. The number of carbonyl (C=O) groups excluding carboxylic acids is 1. The fraction of sp³-hybridized carbons (Fsp3) is 0.727. The van der Waals surface area contributed by atoms with Crippen molar-refractivity contribution in [2.75, 3.05) is 0 Å². The summed E-state index contributed by atoms with van der Waals surface area (Å²) in [5, 5.41) is 2.08. The van der Waals surface area contributed by atoms with Crippen molar-refractivity contribution in [3.05, 3.63) is 12.2 Å². The number of hydrogen-bond acceptors (Lipinski definition) is 1. The molecule has 2 atom stereocenters. The second kappa shape index (κ2) is 5.37. The first kappa shape index (κ1) is 13.1. The monoisotopic (exact) mass is 235 g/mol. The third-order valence-electron chi connectivity index (χ3n) is 2.86. The number of hydrogen-bond donors (Lipinski definition) is 1. The van der Waals surface area contributed by atoms with Crippen LogP contribution in [0.2, 0.25) is 0 Å². The maximum atomic E-state index is 12.1. The lowest BCUT2D eigenvalue weighted by molar-refractivity contribution is -0.174. The maximum Gasteiger partial charge on any atom is 0.471 e. The molecule has 0 fully saturated rings. The van der Waals surface area contributed by atoms with Crippen molar-refractivity contribution in [1.29, 1.82) is 0 Å². The topological polar surface area (TPSA) is 29.1 Å². The summed E-state index contributed by atoms with van der Waals surface area (Å²) in [5.74, 6) is -1.75. The lowest BCUT2D eigenvalue weighted by atomic mass is 9.90. The molecule has 1 rings (SSSR count). The fourth-order valence-corrected chi connectivity index (χ4v) is 1.82. The van der Waals surface area contributed by atoms with Crippen LogP contribution in [0.5, 0.6) is 0 Å². The Bertz CT molecular complexity index is 273. The van der Waals surface area contributed by atoms with Crippen LogP contribution >= 0.6 is 0 Å². The number of nitrogens with one attached hydrogen (secondary N) is 1. The van der Waals surface area contributed by atoms with Crippen LogP contribution in [0.3, 0.4) is 0 Å². The van der Waals surface area contributed by atoms with Gasteiger partial charge >= 0.3 is 12.1 Å². The van der Waals surface area contributed by atoms with Crippen LogP contribution in [0.4, 0.5) is 13.2 Å². The first-order valence-electron chi connectivity index (χ1n) is 5.44. The molecule has 2 unspecified atom stereocenters. The van der Waals surface area contributed by atoms with Gasteiger partial charge in [-0.25, -0.2) is 0 Å². The highest BCUT2D eigenvalue weighted by Gasteiger charge is 2.40. The van der Waals surface area contributed by atoms with Gasteiger partial charge in [-0.1, -0.05) is 19.1 Å². The predicted octanol–water partition coefficient (Wildman–Crippen LogP) is 2.80. The average molecular weight is 235 g/mol. The van der Waals surface area contributed by atoms with Crippen molar-refractivity contribution >= 4 is 5.91 Å². The van der Waals surface area contributed by atoms with E-state index < -0.39 is 12.1 Å². The summed E-state index contributed by atoms with van der Waals surface area (Å²) in [6.07, 6.45) is 2.17. The first-order valence-corrected chi connectivity index (χ1v) is 5.44. The highest BCUT2D eigenvalue weighted by atomic mass is 19.4. The summed E-state index contributed by atoms with van der Waals surface area (Å²) in [6, 6.07) is -0.376. The van der Waals surface area contributed by atoms with Crippen LogP contribution in [-0.2, 0) is 4.79 Å². The molecule has 1 amide bonds. The lowest BCUT2D eigenvalue weighted by Crippen LogP contribution is -2.46. The van der Waals surface area contributed by atoms with Crippen LogP contribution in [0.1, 0.15) is 32.6 Å². The highest BCUT2D eigenvalue weighted by molar-refractivity contribution is 5.81. The zero-order chi connectivity index (χ0) is 12.2. The fourth-order valence-electron chi connectivity index (χ4n) is 1.82. The Labute approximate surface area is 92.9 Å². The third kappa shape index (κ3) is 3.87. The molecule has 0 aromatic heterocycles. The molecular weight excluding hydrogens is 219 g/mol. The molecule has 1 aliphatic carbocycles. The van der Waals surface area contributed by atoms with E-state index in [4.69, 9.17) is 0 Å². The van der Waals surface area contributed by atoms with E-state index in [9.17, 15) is 18.0 Å². The normalized spacial score (nSPS) is 29.0. The average Bonchev–Trinajstić information content (AvgIpc) is 2.16. The van der Waals surface area contributed by atoms with E-state index in [-0.39, 0.29) is 12.0 Å². The van der Waals surface area contributed by atoms with E-state index in [1.165, 1.54) is 0 Å². The van der Waals surface area contributed by atoms with Crippen molar-refractivity contribution in [2.45, 2.75) is 44.8 Å². The molecule has 1 aliphatic rings. The standard InChI is InChI=1S/C11H16F3NO/c1-8-6-4-2-3-5-7-9(8)15-10(16)11(12,13)14/h2-3,8-9H,4-7H2,1H3,(H,15,16)/b3-2-. The van der Waals surface area contributed by atoms with Gasteiger partial charge in [0.05, 0.1) is 0 Å². The second-order valence-corrected chi connectivity index (χ2v) is 4.18. The van der Waals surface area contributed by atoms with Gasteiger partial charge < -0.3 is 5.32 Å². The molecule has 16 heavy (non-hydrogen) atoms. The largest absolute Gasteiger partial charge is 0.471 e. The summed E-state index contributed by atoms with van der Waals surface area (Å²) >= 11 is 0. The van der Waals surface area contributed by atoms with Gasteiger partial charge in [-0.3, -0.25) is 4.79 Å². The summed E-state index contributed by atoms with van der Waals surface area (Å²) in [4.78, 5) is 10.8. The van der Waals surface area contributed by atoms with Crippen molar-refractivity contribution in [3.8, 4) is 0 Å². The number of rotatable bonds is 1. The molecule has 5 heteroatoms. The van der Waals surface area contributed by atoms with Crippen LogP contribution in [-0.4, -0.2) is 18.1 Å². The quantitative estimate of drug-likeness (QED) is 0.696. The Hall–Kier alpha value is -1.00. The molecule has 0 radical (unpaired) electrons. The Morgan fingerprint density at radius 3 is 2.38 bits per heavy atom. The number of amides is 1. The van der Waals surface area contributed by atoms with E-state index in [2.05, 4.69) is 5.32 Å². The van der Waals surface area contributed by atoms with Crippen molar-refractivity contribution in [1.82, 2.24) is 5.32 Å². The minimum Gasteiger partial charge on any atom is -0.345 e. The van der Waals surface area contributed by atoms with Crippen molar-refractivity contribution in [3.63, 3.8) is 0 Å². The molecule has 0 spiro atoms. The summed E-state index contributed by atoms with van der Waals surface area (Å²) in [7, 11) is 0. The van der Waals surface area contributed by atoms with Crippen LogP contribution in [0.15, 0.2) is 12.2 Å². The van der Waals surface area contributed by atoms with Crippen LogP contribution in [0.25, 0.3) is 0 Å². The molecule has 0 aliphatic heterocycles. The molecule has 0 bridgehead atoms. The molecule has 0 heterocycles. The number of halogens is 3. The molecule has 0 saturated heterocycles. The van der Waals surface area contributed by atoms with E-state index in [1.807, 2.05) is 19.1 Å². The Kier molecular flexibility index (Phi) is 4.38. The minimum atomic E-state index is -4.78. The number of alkyl halides is 3. The summed E-state index contributed by atoms with van der Waals surface area (Å²) in [6.45, 7) is 1.88. The first-order chi connectivity index (χ1) is 7.41. The lowest BCUT2D eigenvalue weighted by Gasteiger charge is -2.26. The molecular formula is C11H16F3NO. The number of carbonyl (C=O) groups is 1. The van der Waals surface area contributed by atoms with E-state index >= 15 is 0 Å². The zero-order valence-electron chi connectivity index (χ0n) is 9.18. The van der Waals surface area contributed by atoms with Gasteiger partial charge in [0.1, 0.15) is 0 Å². The van der Waals surface area contributed by atoms with E-state index in [0.29, 0.717) is 12.8 Å². The Morgan fingerprint density at radius 1 is 1.25 bits per heavy atom. The van der Waals surface area contributed by atoms with Gasteiger partial charge in [0.25, 0.3) is 0 Å². The van der Waals surface area contributed by atoms with Crippen molar-refractivity contribution in [2.24, 2.45) is 5.92 Å². The molecule has 2 nitrogen and oxygen atoms in total. The van der Waals surface area contributed by atoms with Gasteiger partial charge in [0, 0.05) is 6.04 Å². The molecule has 92 valence electrons. The van der Waals surface area contributed by atoms with Crippen LogP contribution in [0, 0.1) is 5.92 Å². The van der Waals surface area contributed by atoms with Crippen LogP contribution < -0.4 is 5.32 Å². The smallest absolute Gasteiger partial charge is 0.345 e. The summed E-state index contributed by atoms with van der Waals surface area (Å²) < 4.78 is 36.3. The third-order valence-corrected chi connectivity index (χ3v) is 2.86. The SMILES string of the molecule is CC1CC/C=C\CCC1NC(=O)C(F)(F)F. The molecule has 1 N–H and O–H groups in total. The van der Waals surface area contributed by atoms with E-state index in [0.717, 1.165) is 12.8 Å². The van der Waals surface area contributed by atoms with Gasteiger partial charge in [-0.15, -0.1) is 0 Å². The van der Waals surface area contributed by atoms with Gasteiger partial charge in [-0.2, -0.15) is 13.2 Å². The van der Waals surface area contributed by atoms with E-state index in [1.54, 1.807) is 0 Å². The van der Waals surface area contributed by atoms with Gasteiger partial charge in [0.15, 0.2) is 0 Å². The Morgan fingerprint density at radius 2 is 1.81 bits per heavy atom. The number of allylic oxidation sites excluding steroid dienone is 2. The van der Waals surface area contributed by atoms with Gasteiger partial charge in [0.2, 0.25) is 0 Å². The highest BCUT2D eigenvalue weighted by Crippen LogP contribution is 2.21. The zero-order valence-corrected chi connectivity index (χ0v) is 9.18. The molecule has 0 saturated carbocycles. The second-order valence-electron chi connectivity index (χ2n) is 4.18. The Balaban J connectivity index is 2.57. The minimum absolute atomic E-state index is 0.0799.